The van der Waals surface area contributed by atoms with E-state index in [1.807, 2.05) is 4.72 Å². The summed E-state index contributed by atoms with van der Waals surface area (Å²) in [6.07, 6.45) is -6.42. The minimum Gasteiger partial charge on any atom is -0.387 e. The van der Waals surface area contributed by atoms with Crippen molar-refractivity contribution in [2.45, 2.75) is 39.9 Å². The number of benzene rings is 3. The summed E-state index contributed by atoms with van der Waals surface area (Å²) in [4.78, 5) is -2.06. The molecule has 0 aliphatic carbocycles. The van der Waals surface area contributed by atoms with Gasteiger partial charge in [-0.2, -0.15) is 13.2 Å². The van der Waals surface area contributed by atoms with Crippen molar-refractivity contribution in [2.24, 2.45) is 0 Å². The number of halogens is 3. The average Bonchev–Trinajstić information content (AvgIpc) is 2.78. The first-order valence-electron chi connectivity index (χ1n) is 9.61. The molecule has 0 unspecified atom stereocenters. The van der Waals surface area contributed by atoms with Crippen molar-refractivity contribution < 1.29 is 35.1 Å². The van der Waals surface area contributed by atoms with Gasteiger partial charge in [-0.05, 0) is 42.8 Å². The summed E-state index contributed by atoms with van der Waals surface area (Å²) < 4.78 is 94.4. The van der Waals surface area contributed by atoms with Crippen LogP contribution in [-0.4, -0.2) is 28.0 Å². The number of sulfonamides is 1. The lowest BCUT2D eigenvalue weighted by molar-refractivity contribution is -0.139. The van der Waals surface area contributed by atoms with Gasteiger partial charge in [0.1, 0.15) is 0 Å². The molecular weight excluding hydrogens is 479 g/mol. The van der Waals surface area contributed by atoms with E-state index in [1.54, 1.807) is 24.3 Å². The van der Waals surface area contributed by atoms with Crippen LogP contribution in [0.1, 0.15) is 24.2 Å². The fraction of sp³-hybridized carbons (Fsp3) is 0.182. The Morgan fingerprint density at radius 3 is 1.91 bits per heavy atom. The van der Waals surface area contributed by atoms with Crippen molar-refractivity contribution in [3.63, 3.8) is 0 Å². The largest absolute Gasteiger partial charge is 0.417 e. The van der Waals surface area contributed by atoms with E-state index in [1.165, 1.54) is 43.3 Å². The molecule has 6 nitrogen and oxygen atoms in total. The molecule has 33 heavy (non-hydrogen) atoms. The molecule has 176 valence electrons. The quantitative estimate of drug-likeness (QED) is 0.513. The highest BCUT2D eigenvalue weighted by molar-refractivity contribution is 7.91. The first-order chi connectivity index (χ1) is 15.3. The van der Waals surface area contributed by atoms with Gasteiger partial charge in [0.05, 0.1) is 26.4 Å². The van der Waals surface area contributed by atoms with Gasteiger partial charge in [0.25, 0.3) is 0 Å². The van der Waals surface area contributed by atoms with Crippen LogP contribution >= 0.6 is 0 Å². The fourth-order valence-corrected chi connectivity index (χ4v) is 6.06. The Morgan fingerprint density at radius 2 is 1.36 bits per heavy atom. The summed E-state index contributed by atoms with van der Waals surface area (Å²) in [6.45, 7) is 1.28. The Kier molecular flexibility index (Phi) is 6.99. The lowest BCUT2D eigenvalue weighted by Crippen LogP contribution is -2.38. The minimum atomic E-state index is -5.07. The number of alkyl halides is 3. The number of nitrogens with one attached hydrogen (secondary N) is 1. The fourth-order valence-electron chi connectivity index (χ4n) is 3.17. The van der Waals surface area contributed by atoms with Crippen molar-refractivity contribution in [3.05, 3.63) is 90.0 Å². The molecule has 3 aromatic rings. The van der Waals surface area contributed by atoms with Crippen molar-refractivity contribution >= 4 is 19.9 Å². The number of aliphatic hydroxyl groups excluding tert-OH is 1. The first-order valence-corrected chi connectivity index (χ1v) is 12.6. The van der Waals surface area contributed by atoms with Gasteiger partial charge in [0.15, 0.2) is 0 Å². The summed E-state index contributed by atoms with van der Waals surface area (Å²) in [7, 11) is -9.17. The first kappa shape index (κ1) is 24.9. The summed E-state index contributed by atoms with van der Waals surface area (Å²) in [6, 6.07) is 15.3. The standard InChI is InChI=1S/C22H20F3NO5S2/c1-15(21(27)16-8-4-2-5-9-16)26-33(30,31)20-14-18(12-13-19(20)22(23,24)25)32(28,29)17-10-6-3-7-11-17/h2-15,21,26-27H,1H3/t15-,21-/m0/s1. The molecular formula is C22H20F3NO5S2. The van der Waals surface area contributed by atoms with E-state index in [2.05, 4.69) is 0 Å². The summed E-state index contributed by atoms with van der Waals surface area (Å²) in [5.41, 5.74) is -1.17. The second kappa shape index (κ2) is 9.26. The summed E-state index contributed by atoms with van der Waals surface area (Å²) in [5.74, 6) is 0. The van der Waals surface area contributed by atoms with Crippen LogP contribution in [0.15, 0.2) is 93.5 Å². The lowest BCUT2D eigenvalue weighted by atomic mass is 10.0. The number of sulfone groups is 1. The number of hydrogen-bond acceptors (Lipinski definition) is 5. The monoisotopic (exact) mass is 499 g/mol. The maximum atomic E-state index is 13.6. The van der Waals surface area contributed by atoms with Gasteiger partial charge >= 0.3 is 6.18 Å². The zero-order chi connectivity index (χ0) is 24.4. The second-order valence-corrected chi connectivity index (χ2v) is 10.9. The number of rotatable bonds is 7. The van der Waals surface area contributed by atoms with Gasteiger partial charge in [-0.1, -0.05) is 48.5 Å². The van der Waals surface area contributed by atoms with E-state index in [0.29, 0.717) is 23.8 Å². The SMILES string of the molecule is C[C@H](NS(=O)(=O)c1cc(S(=O)(=O)c2ccccc2)ccc1C(F)(F)F)[C@H](O)c1ccccc1. The Bertz CT molecular complexity index is 1330. The van der Waals surface area contributed by atoms with Crippen LogP contribution in [0.3, 0.4) is 0 Å². The Labute approximate surface area is 189 Å². The molecule has 0 radical (unpaired) electrons. The third-order valence-electron chi connectivity index (χ3n) is 4.87. The zero-order valence-electron chi connectivity index (χ0n) is 17.2. The highest BCUT2D eigenvalue weighted by Gasteiger charge is 2.39. The topological polar surface area (TPSA) is 101 Å². The molecule has 0 saturated heterocycles. The number of hydrogen-bond donors (Lipinski definition) is 2. The van der Waals surface area contributed by atoms with Gasteiger partial charge in [0.2, 0.25) is 19.9 Å². The molecule has 0 aliphatic rings. The maximum Gasteiger partial charge on any atom is 0.417 e. The number of aliphatic hydroxyl groups is 1. The van der Waals surface area contributed by atoms with E-state index < -0.39 is 53.5 Å². The third-order valence-corrected chi connectivity index (χ3v) is 8.23. The van der Waals surface area contributed by atoms with E-state index in [4.69, 9.17) is 0 Å². The van der Waals surface area contributed by atoms with E-state index in [9.17, 15) is 35.1 Å². The molecule has 3 rings (SSSR count). The normalized spacial score (nSPS) is 14.6. The molecule has 11 heteroatoms. The molecule has 3 aromatic carbocycles. The highest BCUT2D eigenvalue weighted by atomic mass is 32.2. The van der Waals surface area contributed by atoms with Crippen LogP contribution < -0.4 is 4.72 Å². The molecule has 0 saturated carbocycles. The van der Waals surface area contributed by atoms with Crippen molar-refractivity contribution in [2.75, 3.05) is 0 Å². The molecule has 0 amide bonds. The maximum absolute atomic E-state index is 13.6. The van der Waals surface area contributed by atoms with Crippen LogP contribution in [-0.2, 0) is 26.0 Å². The predicted molar refractivity (Wildman–Crippen MR) is 115 cm³/mol. The molecule has 0 heterocycles. The highest BCUT2D eigenvalue weighted by Crippen LogP contribution is 2.36. The van der Waals surface area contributed by atoms with Gasteiger partial charge in [-0.25, -0.2) is 21.6 Å². The predicted octanol–water partition coefficient (Wildman–Crippen LogP) is 3.94. The molecule has 0 fully saturated rings. The van der Waals surface area contributed by atoms with Crippen LogP contribution in [0, 0.1) is 0 Å². The molecule has 0 aromatic heterocycles. The zero-order valence-corrected chi connectivity index (χ0v) is 18.8. The molecule has 0 aliphatic heterocycles. The van der Waals surface area contributed by atoms with Gasteiger partial charge in [-0.15, -0.1) is 0 Å². The Hall–Kier alpha value is -2.73. The molecule has 2 atom stereocenters. The minimum absolute atomic E-state index is 0.200. The van der Waals surface area contributed by atoms with Crippen molar-refractivity contribution in [1.29, 1.82) is 0 Å². The Morgan fingerprint density at radius 1 is 0.818 bits per heavy atom. The van der Waals surface area contributed by atoms with Gasteiger partial charge < -0.3 is 5.11 Å². The third kappa shape index (κ3) is 5.44. The van der Waals surface area contributed by atoms with Gasteiger partial charge in [0, 0.05) is 6.04 Å². The second-order valence-electron chi connectivity index (χ2n) is 7.24. The van der Waals surface area contributed by atoms with Crippen LogP contribution in [0.25, 0.3) is 0 Å². The molecule has 0 spiro atoms. The van der Waals surface area contributed by atoms with Gasteiger partial charge in [-0.3, -0.25) is 0 Å². The smallest absolute Gasteiger partial charge is 0.387 e. The van der Waals surface area contributed by atoms with E-state index >= 15 is 0 Å². The van der Waals surface area contributed by atoms with Crippen LogP contribution in [0.2, 0.25) is 0 Å². The summed E-state index contributed by atoms with van der Waals surface area (Å²) in [5, 5.41) is 10.4. The van der Waals surface area contributed by atoms with Crippen molar-refractivity contribution in [3.8, 4) is 0 Å². The summed E-state index contributed by atoms with van der Waals surface area (Å²) >= 11 is 0. The van der Waals surface area contributed by atoms with E-state index in [-0.39, 0.29) is 4.90 Å². The van der Waals surface area contributed by atoms with Crippen LogP contribution in [0.4, 0.5) is 13.2 Å². The van der Waals surface area contributed by atoms with Crippen molar-refractivity contribution in [1.82, 2.24) is 4.72 Å². The average molecular weight is 500 g/mol. The molecule has 0 bridgehead atoms. The lowest BCUT2D eigenvalue weighted by Gasteiger charge is -2.22. The van der Waals surface area contributed by atoms with E-state index in [0.717, 1.165) is 0 Å². The van der Waals surface area contributed by atoms with Crippen LogP contribution in [0.5, 0.6) is 0 Å². The Balaban J connectivity index is 2.06. The molecule has 2 N–H and O–H groups in total.